The monoisotopic (exact) mass is 473 g/mol. The lowest BCUT2D eigenvalue weighted by Crippen LogP contribution is -2.21. The molecule has 0 aliphatic carbocycles. The summed E-state index contributed by atoms with van der Waals surface area (Å²) >= 11 is 0. The first-order valence-electron chi connectivity index (χ1n) is 10.7. The fraction of sp³-hybridized carbons (Fsp3) is 0.192. The van der Waals surface area contributed by atoms with E-state index in [2.05, 4.69) is 5.32 Å². The topological polar surface area (TPSA) is 112 Å². The SMILES string of the molecule is COc1ccc(-n2c(C)cc(/C=C(\C#N)C(=O)OCC(=O)Nc3ccc4c(c3)OCO4)c2C)cc1. The van der Waals surface area contributed by atoms with Crippen LogP contribution in [-0.2, 0) is 14.3 Å². The molecule has 1 amide bonds. The van der Waals surface area contributed by atoms with Gasteiger partial charge in [-0.1, -0.05) is 0 Å². The van der Waals surface area contributed by atoms with Gasteiger partial charge in [0.2, 0.25) is 6.79 Å². The summed E-state index contributed by atoms with van der Waals surface area (Å²) in [5.74, 6) is 0.412. The van der Waals surface area contributed by atoms with E-state index < -0.39 is 18.5 Å². The summed E-state index contributed by atoms with van der Waals surface area (Å²) in [5, 5.41) is 12.1. The molecule has 9 nitrogen and oxygen atoms in total. The van der Waals surface area contributed by atoms with E-state index >= 15 is 0 Å². The van der Waals surface area contributed by atoms with Gasteiger partial charge < -0.3 is 28.8 Å². The molecule has 0 saturated carbocycles. The molecular weight excluding hydrogens is 450 g/mol. The largest absolute Gasteiger partial charge is 0.497 e. The Labute approximate surface area is 202 Å². The number of methoxy groups -OCH3 is 1. The van der Waals surface area contributed by atoms with E-state index in [1.807, 2.05) is 54.8 Å². The predicted octanol–water partition coefficient (Wildman–Crippen LogP) is 3.92. The number of anilines is 1. The number of nitriles is 1. The molecule has 1 aliphatic rings. The van der Waals surface area contributed by atoms with Gasteiger partial charge in [0.25, 0.3) is 5.91 Å². The van der Waals surface area contributed by atoms with Crippen molar-refractivity contribution in [1.82, 2.24) is 4.57 Å². The van der Waals surface area contributed by atoms with Crippen LogP contribution in [0.3, 0.4) is 0 Å². The lowest BCUT2D eigenvalue weighted by Gasteiger charge is -2.10. The van der Waals surface area contributed by atoms with Gasteiger partial charge in [-0.3, -0.25) is 4.79 Å². The summed E-state index contributed by atoms with van der Waals surface area (Å²) < 4.78 is 22.8. The molecule has 9 heteroatoms. The van der Waals surface area contributed by atoms with Crippen LogP contribution in [0.5, 0.6) is 17.2 Å². The van der Waals surface area contributed by atoms with Crippen molar-refractivity contribution in [3.63, 3.8) is 0 Å². The van der Waals surface area contributed by atoms with E-state index in [1.54, 1.807) is 25.3 Å². The quantitative estimate of drug-likeness (QED) is 0.314. The van der Waals surface area contributed by atoms with Crippen LogP contribution in [0, 0.1) is 25.2 Å². The van der Waals surface area contributed by atoms with Crippen LogP contribution in [0.25, 0.3) is 11.8 Å². The molecule has 3 aromatic rings. The summed E-state index contributed by atoms with van der Waals surface area (Å²) in [7, 11) is 1.60. The molecule has 4 rings (SSSR count). The number of hydrogen-bond acceptors (Lipinski definition) is 7. The van der Waals surface area contributed by atoms with Gasteiger partial charge in [0, 0.05) is 28.8 Å². The Morgan fingerprint density at radius 3 is 2.57 bits per heavy atom. The fourth-order valence-corrected chi connectivity index (χ4v) is 3.73. The molecule has 1 N–H and O–H groups in total. The molecule has 2 heterocycles. The minimum absolute atomic E-state index is 0.121. The molecule has 35 heavy (non-hydrogen) atoms. The number of benzene rings is 2. The first-order chi connectivity index (χ1) is 16.9. The van der Waals surface area contributed by atoms with Gasteiger partial charge in [0.05, 0.1) is 7.11 Å². The van der Waals surface area contributed by atoms with Crippen molar-refractivity contribution in [2.24, 2.45) is 0 Å². The van der Waals surface area contributed by atoms with Crippen molar-refractivity contribution in [3.05, 3.63) is 71.1 Å². The number of aromatic nitrogens is 1. The van der Waals surface area contributed by atoms with Gasteiger partial charge in [0.15, 0.2) is 18.1 Å². The molecule has 178 valence electrons. The van der Waals surface area contributed by atoms with Crippen molar-refractivity contribution in [1.29, 1.82) is 5.26 Å². The van der Waals surface area contributed by atoms with Crippen molar-refractivity contribution in [2.75, 3.05) is 25.8 Å². The van der Waals surface area contributed by atoms with E-state index in [0.29, 0.717) is 22.7 Å². The highest BCUT2D eigenvalue weighted by molar-refractivity contribution is 6.00. The second-order valence-electron chi connectivity index (χ2n) is 7.72. The molecule has 0 saturated heterocycles. The van der Waals surface area contributed by atoms with Gasteiger partial charge in [-0.2, -0.15) is 5.26 Å². The van der Waals surface area contributed by atoms with Crippen LogP contribution in [0.1, 0.15) is 17.0 Å². The Morgan fingerprint density at radius 2 is 1.86 bits per heavy atom. The van der Waals surface area contributed by atoms with Crippen LogP contribution in [0.4, 0.5) is 5.69 Å². The Morgan fingerprint density at radius 1 is 1.11 bits per heavy atom. The number of amides is 1. The van der Waals surface area contributed by atoms with Crippen LogP contribution < -0.4 is 19.5 Å². The zero-order chi connectivity index (χ0) is 24.9. The molecule has 1 aliphatic heterocycles. The molecular formula is C26H23N3O6. The van der Waals surface area contributed by atoms with Gasteiger partial charge in [-0.15, -0.1) is 0 Å². The lowest BCUT2D eigenvalue weighted by molar-refractivity contribution is -0.142. The minimum Gasteiger partial charge on any atom is -0.497 e. The number of carbonyl (C=O) groups excluding carboxylic acids is 2. The number of fused-ring (bicyclic) bond motifs is 1. The number of rotatable bonds is 7. The molecule has 0 unspecified atom stereocenters. The summed E-state index contributed by atoms with van der Waals surface area (Å²) in [5.41, 5.74) is 3.63. The summed E-state index contributed by atoms with van der Waals surface area (Å²) in [6.45, 7) is 3.40. The zero-order valence-electron chi connectivity index (χ0n) is 19.5. The third kappa shape index (κ3) is 5.12. The molecule has 2 aromatic carbocycles. The third-order valence-corrected chi connectivity index (χ3v) is 5.43. The van der Waals surface area contributed by atoms with E-state index in [4.69, 9.17) is 18.9 Å². The second kappa shape index (κ2) is 10.1. The maximum absolute atomic E-state index is 12.5. The van der Waals surface area contributed by atoms with Gasteiger partial charge in [0.1, 0.15) is 17.4 Å². The highest BCUT2D eigenvalue weighted by Gasteiger charge is 2.18. The number of carbonyl (C=O) groups is 2. The highest BCUT2D eigenvalue weighted by atomic mass is 16.7. The van der Waals surface area contributed by atoms with Crippen molar-refractivity contribution in [2.45, 2.75) is 13.8 Å². The third-order valence-electron chi connectivity index (χ3n) is 5.43. The fourth-order valence-electron chi connectivity index (χ4n) is 3.73. The van der Waals surface area contributed by atoms with Crippen molar-refractivity contribution < 1.29 is 28.5 Å². The summed E-state index contributed by atoms with van der Waals surface area (Å²) in [6, 6.07) is 16.2. The highest BCUT2D eigenvalue weighted by Crippen LogP contribution is 2.34. The molecule has 0 radical (unpaired) electrons. The van der Waals surface area contributed by atoms with Crippen molar-refractivity contribution >= 4 is 23.6 Å². The smallest absolute Gasteiger partial charge is 0.349 e. The van der Waals surface area contributed by atoms with Crippen LogP contribution in [-0.4, -0.2) is 37.0 Å². The molecule has 0 bridgehead atoms. The average Bonchev–Trinajstić information content (AvgIpc) is 3.44. The van der Waals surface area contributed by atoms with E-state index in [9.17, 15) is 14.9 Å². The Bertz CT molecular complexity index is 1350. The van der Waals surface area contributed by atoms with Crippen LogP contribution >= 0.6 is 0 Å². The number of aryl methyl sites for hydroxylation is 1. The average molecular weight is 473 g/mol. The number of nitrogens with one attached hydrogen (secondary N) is 1. The molecule has 0 fully saturated rings. The maximum Gasteiger partial charge on any atom is 0.349 e. The van der Waals surface area contributed by atoms with Gasteiger partial charge >= 0.3 is 5.97 Å². The first kappa shape index (κ1) is 23.4. The van der Waals surface area contributed by atoms with E-state index in [0.717, 1.165) is 22.8 Å². The zero-order valence-corrected chi connectivity index (χ0v) is 19.5. The number of ether oxygens (including phenoxy) is 4. The maximum atomic E-state index is 12.5. The Balaban J connectivity index is 1.43. The minimum atomic E-state index is -0.886. The van der Waals surface area contributed by atoms with E-state index in [1.165, 1.54) is 6.08 Å². The standard InChI is InChI=1S/C26H23N3O6/c1-16-10-18(17(2)29(16)21-5-7-22(32-3)8-6-21)11-19(13-27)26(31)33-14-25(30)28-20-4-9-23-24(12-20)35-15-34-23/h4-12H,14-15H2,1-3H3,(H,28,30)/b19-11+. The van der Waals surface area contributed by atoms with Gasteiger partial charge in [-0.25, -0.2) is 4.79 Å². The van der Waals surface area contributed by atoms with Gasteiger partial charge in [-0.05, 0) is 68.0 Å². The predicted molar refractivity (Wildman–Crippen MR) is 128 cm³/mol. The number of esters is 1. The van der Waals surface area contributed by atoms with Crippen LogP contribution in [0.2, 0.25) is 0 Å². The Hall–Kier alpha value is -4.71. The van der Waals surface area contributed by atoms with Crippen molar-refractivity contribution in [3.8, 4) is 29.0 Å². The first-order valence-corrected chi connectivity index (χ1v) is 10.7. The normalized spacial score (nSPS) is 12.1. The molecule has 0 atom stereocenters. The van der Waals surface area contributed by atoms with Crippen LogP contribution in [0.15, 0.2) is 54.1 Å². The Kier molecular flexibility index (Phi) is 6.73. The molecule has 1 aromatic heterocycles. The molecule has 0 spiro atoms. The number of hydrogen-bond donors (Lipinski definition) is 1. The van der Waals surface area contributed by atoms with E-state index in [-0.39, 0.29) is 12.4 Å². The summed E-state index contributed by atoms with van der Waals surface area (Å²) in [4.78, 5) is 24.7. The lowest BCUT2D eigenvalue weighted by atomic mass is 10.1. The summed E-state index contributed by atoms with van der Waals surface area (Å²) in [6.07, 6.45) is 1.46. The number of nitrogens with zero attached hydrogens (tertiary/aromatic N) is 2. The second-order valence-corrected chi connectivity index (χ2v) is 7.72.